The van der Waals surface area contributed by atoms with E-state index in [9.17, 15) is 4.79 Å². The molecule has 1 aromatic rings. The van der Waals surface area contributed by atoms with Crippen LogP contribution in [0.4, 0.5) is 0 Å². The average molecular weight is 287 g/mol. The molecule has 19 heavy (non-hydrogen) atoms. The molecular weight excluding hydrogens is 264 g/mol. The molecule has 0 aliphatic rings. The molecule has 1 rings (SSSR count). The molecule has 0 heterocycles. The minimum absolute atomic E-state index is 0. The van der Waals surface area contributed by atoms with Gasteiger partial charge in [-0.2, -0.15) is 0 Å². The molecule has 0 aromatic heterocycles. The molecule has 108 valence electrons. The molecule has 0 saturated carbocycles. The van der Waals surface area contributed by atoms with E-state index in [4.69, 9.17) is 10.5 Å². The minimum Gasteiger partial charge on any atom is -0.371 e. The van der Waals surface area contributed by atoms with Crippen LogP contribution in [-0.4, -0.2) is 31.2 Å². The standard InChI is InChI=1S/C14H22N2O2.ClH/c1-14(2,11-15)16-13(17)10-18-9-8-12-6-4-3-5-7-12;/h3-7H,8-11,15H2,1-2H3,(H,16,17);1H. The van der Waals surface area contributed by atoms with Gasteiger partial charge in [0.2, 0.25) is 5.91 Å². The van der Waals surface area contributed by atoms with Gasteiger partial charge in [-0.05, 0) is 25.8 Å². The molecule has 0 saturated heterocycles. The minimum atomic E-state index is -0.375. The SMILES string of the molecule is CC(C)(CN)NC(=O)COCCc1ccccc1.Cl. The van der Waals surface area contributed by atoms with Crippen molar-refractivity contribution in [1.29, 1.82) is 0 Å². The van der Waals surface area contributed by atoms with Crippen LogP contribution in [0.1, 0.15) is 19.4 Å². The highest BCUT2D eigenvalue weighted by atomic mass is 35.5. The van der Waals surface area contributed by atoms with Gasteiger partial charge in [0.25, 0.3) is 0 Å². The lowest BCUT2D eigenvalue weighted by molar-refractivity contribution is -0.127. The van der Waals surface area contributed by atoms with Crippen LogP contribution in [0.25, 0.3) is 0 Å². The molecule has 4 nitrogen and oxygen atoms in total. The second-order valence-electron chi connectivity index (χ2n) is 4.92. The van der Waals surface area contributed by atoms with E-state index in [1.54, 1.807) is 0 Å². The van der Waals surface area contributed by atoms with Crippen molar-refractivity contribution in [2.45, 2.75) is 25.8 Å². The molecule has 0 fully saturated rings. The number of ether oxygens (including phenoxy) is 1. The number of amides is 1. The number of nitrogens with one attached hydrogen (secondary N) is 1. The fourth-order valence-electron chi connectivity index (χ4n) is 1.46. The van der Waals surface area contributed by atoms with E-state index in [1.165, 1.54) is 5.56 Å². The van der Waals surface area contributed by atoms with Crippen molar-refractivity contribution in [1.82, 2.24) is 5.32 Å². The summed E-state index contributed by atoms with van der Waals surface area (Å²) in [6, 6.07) is 10.0. The van der Waals surface area contributed by atoms with Crippen LogP contribution < -0.4 is 11.1 Å². The molecule has 0 bridgehead atoms. The van der Waals surface area contributed by atoms with Gasteiger partial charge in [-0.25, -0.2) is 0 Å². The monoisotopic (exact) mass is 286 g/mol. The number of hydrogen-bond acceptors (Lipinski definition) is 3. The Morgan fingerprint density at radius 3 is 2.53 bits per heavy atom. The first-order chi connectivity index (χ1) is 8.53. The maximum atomic E-state index is 11.5. The summed E-state index contributed by atoms with van der Waals surface area (Å²) in [6.45, 7) is 4.79. The van der Waals surface area contributed by atoms with Gasteiger partial charge < -0.3 is 15.8 Å². The number of carbonyl (C=O) groups excluding carboxylic acids is 1. The lowest BCUT2D eigenvalue weighted by Crippen LogP contribution is -2.50. The van der Waals surface area contributed by atoms with E-state index in [1.807, 2.05) is 44.2 Å². The van der Waals surface area contributed by atoms with Crippen LogP contribution in [0.2, 0.25) is 0 Å². The average Bonchev–Trinajstić information content (AvgIpc) is 2.35. The van der Waals surface area contributed by atoms with Gasteiger partial charge in [-0.3, -0.25) is 4.79 Å². The Balaban J connectivity index is 0.00000324. The van der Waals surface area contributed by atoms with Gasteiger partial charge in [0.05, 0.1) is 6.61 Å². The van der Waals surface area contributed by atoms with E-state index in [0.717, 1.165) is 6.42 Å². The number of halogens is 1. The number of rotatable bonds is 7. The van der Waals surface area contributed by atoms with Crippen molar-refractivity contribution in [2.24, 2.45) is 5.73 Å². The summed E-state index contributed by atoms with van der Waals surface area (Å²) in [5.41, 5.74) is 6.36. The van der Waals surface area contributed by atoms with Crippen molar-refractivity contribution in [2.75, 3.05) is 19.8 Å². The maximum absolute atomic E-state index is 11.5. The zero-order chi connectivity index (χ0) is 13.4. The molecule has 0 radical (unpaired) electrons. The van der Waals surface area contributed by atoms with Crippen molar-refractivity contribution in [3.8, 4) is 0 Å². The summed E-state index contributed by atoms with van der Waals surface area (Å²) >= 11 is 0. The third kappa shape index (κ3) is 7.82. The van der Waals surface area contributed by atoms with Crippen molar-refractivity contribution in [3.05, 3.63) is 35.9 Å². The number of carbonyl (C=O) groups is 1. The van der Waals surface area contributed by atoms with E-state index in [-0.39, 0.29) is 30.5 Å². The Morgan fingerprint density at radius 1 is 1.32 bits per heavy atom. The molecule has 1 aromatic carbocycles. The first-order valence-electron chi connectivity index (χ1n) is 6.16. The highest BCUT2D eigenvalue weighted by molar-refractivity contribution is 5.85. The largest absolute Gasteiger partial charge is 0.371 e. The number of hydrogen-bond donors (Lipinski definition) is 2. The molecular formula is C14H23ClN2O2. The summed E-state index contributed by atoms with van der Waals surface area (Å²) in [7, 11) is 0. The van der Waals surface area contributed by atoms with Crippen LogP contribution in [0, 0.1) is 0 Å². The maximum Gasteiger partial charge on any atom is 0.246 e. The molecule has 0 atom stereocenters. The summed E-state index contributed by atoms with van der Waals surface area (Å²) in [4.78, 5) is 11.5. The predicted octanol–water partition coefficient (Wildman–Crippen LogP) is 1.52. The van der Waals surface area contributed by atoms with Gasteiger partial charge >= 0.3 is 0 Å². The highest BCUT2D eigenvalue weighted by Crippen LogP contribution is 2.00. The Hall–Kier alpha value is -1.10. The lowest BCUT2D eigenvalue weighted by Gasteiger charge is -2.24. The Labute approximate surface area is 121 Å². The van der Waals surface area contributed by atoms with E-state index < -0.39 is 0 Å². The zero-order valence-corrected chi connectivity index (χ0v) is 12.3. The fraction of sp³-hybridized carbons (Fsp3) is 0.500. The van der Waals surface area contributed by atoms with Crippen LogP contribution in [0.3, 0.4) is 0 Å². The van der Waals surface area contributed by atoms with Crippen LogP contribution in [0.15, 0.2) is 30.3 Å². The Bertz CT molecular complexity index is 369. The second kappa shape index (κ2) is 8.91. The molecule has 0 aliphatic heterocycles. The summed E-state index contributed by atoms with van der Waals surface area (Å²) in [5, 5.41) is 2.82. The quantitative estimate of drug-likeness (QED) is 0.747. The van der Waals surface area contributed by atoms with Crippen LogP contribution in [-0.2, 0) is 16.0 Å². The van der Waals surface area contributed by atoms with Crippen molar-refractivity contribution >= 4 is 18.3 Å². The smallest absolute Gasteiger partial charge is 0.246 e. The fourth-order valence-corrected chi connectivity index (χ4v) is 1.46. The summed E-state index contributed by atoms with van der Waals surface area (Å²) in [6.07, 6.45) is 0.814. The second-order valence-corrected chi connectivity index (χ2v) is 4.92. The first-order valence-corrected chi connectivity index (χ1v) is 6.16. The number of benzene rings is 1. The Morgan fingerprint density at radius 2 is 1.95 bits per heavy atom. The summed E-state index contributed by atoms with van der Waals surface area (Å²) in [5.74, 6) is -0.126. The third-order valence-electron chi connectivity index (χ3n) is 2.60. The molecule has 5 heteroatoms. The third-order valence-corrected chi connectivity index (χ3v) is 2.60. The van der Waals surface area contributed by atoms with Gasteiger partial charge in [-0.1, -0.05) is 30.3 Å². The van der Waals surface area contributed by atoms with Crippen LogP contribution in [0.5, 0.6) is 0 Å². The predicted molar refractivity (Wildman–Crippen MR) is 79.5 cm³/mol. The first kappa shape index (κ1) is 17.9. The van der Waals surface area contributed by atoms with E-state index in [2.05, 4.69) is 5.32 Å². The normalized spacial score (nSPS) is 10.7. The van der Waals surface area contributed by atoms with Crippen molar-refractivity contribution < 1.29 is 9.53 Å². The molecule has 0 aliphatic carbocycles. The molecule has 1 amide bonds. The zero-order valence-electron chi connectivity index (χ0n) is 11.5. The lowest BCUT2D eigenvalue weighted by atomic mass is 10.1. The van der Waals surface area contributed by atoms with Gasteiger partial charge in [0.1, 0.15) is 6.61 Å². The van der Waals surface area contributed by atoms with Crippen molar-refractivity contribution in [3.63, 3.8) is 0 Å². The highest BCUT2D eigenvalue weighted by Gasteiger charge is 2.17. The van der Waals surface area contributed by atoms with Gasteiger partial charge in [0.15, 0.2) is 0 Å². The van der Waals surface area contributed by atoms with Gasteiger partial charge in [0, 0.05) is 12.1 Å². The Kier molecular flexibility index (Phi) is 8.39. The van der Waals surface area contributed by atoms with E-state index >= 15 is 0 Å². The van der Waals surface area contributed by atoms with Gasteiger partial charge in [-0.15, -0.1) is 12.4 Å². The molecule has 0 spiro atoms. The summed E-state index contributed by atoms with van der Waals surface area (Å²) < 4.78 is 5.34. The number of nitrogens with two attached hydrogens (primary N) is 1. The van der Waals surface area contributed by atoms with E-state index in [0.29, 0.717) is 13.2 Å². The molecule has 0 unspecified atom stereocenters. The topological polar surface area (TPSA) is 64.3 Å². The van der Waals surface area contributed by atoms with Crippen LogP contribution >= 0.6 is 12.4 Å². The molecule has 3 N–H and O–H groups in total.